The zero-order chi connectivity index (χ0) is 20.1. The Balaban J connectivity index is 1.57. The molecule has 0 radical (unpaired) electrons. The van der Waals surface area contributed by atoms with Gasteiger partial charge in [0.15, 0.2) is 0 Å². The Morgan fingerprint density at radius 3 is 2.68 bits per heavy atom. The molecule has 7 heteroatoms. The largest absolute Gasteiger partial charge is 0.336 e. The lowest BCUT2D eigenvalue weighted by Gasteiger charge is -2.24. The molecule has 1 N–H and O–H groups in total. The third-order valence-electron chi connectivity index (χ3n) is 4.91. The van der Waals surface area contributed by atoms with Crippen molar-refractivity contribution in [3.8, 4) is 0 Å². The predicted molar refractivity (Wildman–Crippen MR) is 109 cm³/mol. The van der Waals surface area contributed by atoms with Gasteiger partial charge in [-0.1, -0.05) is 41.9 Å². The van der Waals surface area contributed by atoms with E-state index in [1.165, 1.54) is 0 Å². The number of nitrogens with zero attached hydrogens (tertiary/aromatic N) is 3. The highest BCUT2D eigenvalue weighted by molar-refractivity contribution is 6.32. The monoisotopic (exact) mass is 400 g/mol. The van der Waals surface area contributed by atoms with Crippen LogP contribution in [0, 0.1) is 6.92 Å². The first kappa shape index (κ1) is 20.1. The Hall–Kier alpha value is -2.60. The van der Waals surface area contributed by atoms with E-state index in [0.717, 1.165) is 17.7 Å². The summed E-state index contributed by atoms with van der Waals surface area (Å²) in [7, 11) is 0. The summed E-state index contributed by atoms with van der Waals surface area (Å²) in [4.78, 5) is 33.0. The summed E-state index contributed by atoms with van der Waals surface area (Å²) in [6, 6.07) is 13.2. The van der Waals surface area contributed by atoms with Crippen molar-refractivity contribution < 1.29 is 9.59 Å². The smallest absolute Gasteiger partial charge is 0.317 e. The van der Waals surface area contributed by atoms with Gasteiger partial charge in [-0.3, -0.25) is 4.79 Å². The van der Waals surface area contributed by atoms with Crippen LogP contribution in [-0.2, 0) is 6.54 Å². The summed E-state index contributed by atoms with van der Waals surface area (Å²) >= 11 is 6.13. The normalized spacial score (nSPS) is 16.1. The van der Waals surface area contributed by atoms with Crippen LogP contribution < -0.4 is 5.32 Å². The maximum Gasteiger partial charge on any atom is 0.317 e. The number of benzene rings is 1. The van der Waals surface area contributed by atoms with E-state index in [4.69, 9.17) is 11.6 Å². The van der Waals surface area contributed by atoms with Crippen molar-refractivity contribution in [2.75, 3.05) is 19.6 Å². The summed E-state index contributed by atoms with van der Waals surface area (Å²) in [5, 5.41) is 3.27. The molecule has 2 aromatic rings. The number of rotatable bonds is 5. The first-order valence-corrected chi connectivity index (χ1v) is 9.87. The molecule has 1 unspecified atom stereocenters. The Kier molecular flexibility index (Phi) is 6.52. The van der Waals surface area contributed by atoms with Crippen molar-refractivity contribution in [3.05, 3.63) is 64.4 Å². The number of amides is 3. The lowest BCUT2D eigenvalue weighted by Crippen LogP contribution is -2.45. The molecule has 1 aromatic heterocycles. The van der Waals surface area contributed by atoms with Gasteiger partial charge in [-0.15, -0.1) is 0 Å². The third kappa shape index (κ3) is 4.81. The number of hydrogen-bond donors (Lipinski definition) is 1. The van der Waals surface area contributed by atoms with E-state index in [9.17, 15) is 9.59 Å². The van der Waals surface area contributed by atoms with Crippen LogP contribution in [0.1, 0.15) is 35.0 Å². The zero-order valence-electron chi connectivity index (χ0n) is 16.2. The minimum Gasteiger partial charge on any atom is -0.336 e. The SMILES string of the molecule is CCN(Cc1ccccc1)C(=O)NC1CCN(C(=O)c2ccc(C)nc2Cl)C1. The molecular weight excluding hydrogens is 376 g/mol. The number of pyridine rings is 1. The first-order chi connectivity index (χ1) is 13.5. The first-order valence-electron chi connectivity index (χ1n) is 9.49. The van der Waals surface area contributed by atoms with Crippen LogP contribution in [0.3, 0.4) is 0 Å². The van der Waals surface area contributed by atoms with E-state index in [1.807, 2.05) is 44.2 Å². The third-order valence-corrected chi connectivity index (χ3v) is 5.19. The van der Waals surface area contributed by atoms with Crippen LogP contribution in [0.25, 0.3) is 0 Å². The van der Waals surface area contributed by atoms with Crippen LogP contribution in [0.5, 0.6) is 0 Å². The molecule has 1 saturated heterocycles. The van der Waals surface area contributed by atoms with Crippen molar-refractivity contribution >= 4 is 23.5 Å². The molecule has 0 spiro atoms. The second-order valence-corrected chi connectivity index (χ2v) is 7.34. The Morgan fingerprint density at radius 2 is 2.00 bits per heavy atom. The lowest BCUT2D eigenvalue weighted by atomic mass is 10.2. The van der Waals surface area contributed by atoms with Gasteiger partial charge in [0, 0.05) is 37.9 Å². The number of urea groups is 1. The minimum atomic E-state index is -0.147. The van der Waals surface area contributed by atoms with Gasteiger partial charge in [0.25, 0.3) is 5.91 Å². The summed E-state index contributed by atoms with van der Waals surface area (Å²) in [5.41, 5.74) is 2.26. The number of likely N-dealkylation sites (tertiary alicyclic amines) is 1. The van der Waals surface area contributed by atoms with Crippen molar-refractivity contribution in [1.82, 2.24) is 20.1 Å². The molecule has 148 valence electrons. The molecule has 1 aliphatic heterocycles. The van der Waals surface area contributed by atoms with E-state index in [2.05, 4.69) is 10.3 Å². The van der Waals surface area contributed by atoms with Crippen molar-refractivity contribution in [1.29, 1.82) is 0 Å². The van der Waals surface area contributed by atoms with Gasteiger partial charge in [0.05, 0.1) is 5.56 Å². The van der Waals surface area contributed by atoms with Crippen LogP contribution in [-0.4, -0.2) is 52.4 Å². The molecule has 0 aliphatic carbocycles. The molecule has 0 saturated carbocycles. The van der Waals surface area contributed by atoms with Crippen LogP contribution in [0.15, 0.2) is 42.5 Å². The predicted octanol–water partition coefficient (Wildman–Crippen LogP) is 3.49. The van der Waals surface area contributed by atoms with Crippen LogP contribution >= 0.6 is 11.6 Å². The average molecular weight is 401 g/mol. The fourth-order valence-corrected chi connectivity index (χ4v) is 3.59. The van der Waals surface area contributed by atoms with E-state index in [1.54, 1.807) is 21.9 Å². The van der Waals surface area contributed by atoms with E-state index < -0.39 is 0 Å². The van der Waals surface area contributed by atoms with Gasteiger partial charge >= 0.3 is 6.03 Å². The summed E-state index contributed by atoms with van der Waals surface area (Å²) in [6.45, 7) is 6.01. The number of hydrogen-bond acceptors (Lipinski definition) is 3. The number of halogens is 1. The van der Waals surface area contributed by atoms with Crippen molar-refractivity contribution in [3.63, 3.8) is 0 Å². The van der Waals surface area contributed by atoms with E-state index in [-0.39, 0.29) is 23.1 Å². The van der Waals surface area contributed by atoms with Gasteiger partial charge in [0.2, 0.25) is 0 Å². The van der Waals surface area contributed by atoms with E-state index in [0.29, 0.717) is 31.7 Å². The highest BCUT2D eigenvalue weighted by Crippen LogP contribution is 2.19. The Bertz CT molecular complexity index is 844. The second-order valence-electron chi connectivity index (χ2n) is 6.98. The van der Waals surface area contributed by atoms with E-state index >= 15 is 0 Å². The highest BCUT2D eigenvalue weighted by Gasteiger charge is 2.30. The quantitative estimate of drug-likeness (QED) is 0.781. The number of nitrogens with one attached hydrogen (secondary N) is 1. The average Bonchev–Trinajstić information content (AvgIpc) is 3.15. The fourth-order valence-electron chi connectivity index (χ4n) is 3.31. The number of aryl methyl sites for hydroxylation is 1. The molecule has 28 heavy (non-hydrogen) atoms. The highest BCUT2D eigenvalue weighted by atomic mass is 35.5. The molecule has 1 aliphatic rings. The van der Waals surface area contributed by atoms with Crippen molar-refractivity contribution in [2.45, 2.75) is 32.9 Å². The number of carbonyl (C=O) groups excluding carboxylic acids is 2. The topological polar surface area (TPSA) is 65.5 Å². The molecule has 3 amide bonds. The summed E-state index contributed by atoms with van der Waals surface area (Å²) < 4.78 is 0. The van der Waals surface area contributed by atoms with Gasteiger partial charge in [0.1, 0.15) is 5.15 Å². The summed E-state index contributed by atoms with van der Waals surface area (Å²) in [6.07, 6.45) is 0.720. The van der Waals surface area contributed by atoms with Gasteiger partial charge in [-0.2, -0.15) is 0 Å². The molecule has 1 atom stereocenters. The fraction of sp³-hybridized carbons (Fsp3) is 0.381. The molecule has 1 aromatic carbocycles. The van der Waals surface area contributed by atoms with Gasteiger partial charge in [-0.25, -0.2) is 9.78 Å². The molecular formula is C21H25ClN4O2. The standard InChI is InChI=1S/C21H25ClN4O2/c1-3-25(13-16-7-5-4-6-8-16)21(28)24-17-11-12-26(14-17)20(27)18-10-9-15(2)23-19(18)22/h4-10,17H,3,11-14H2,1-2H3,(H,24,28). The second kappa shape index (κ2) is 9.06. The van der Waals surface area contributed by atoms with Gasteiger partial charge in [-0.05, 0) is 38.0 Å². The van der Waals surface area contributed by atoms with Crippen LogP contribution in [0.2, 0.25) is 5.15 Å². The molecule has 1 fully saturated rings. The number of aromatic nitrogens is 1. The maximum atomic E-state index is 12.7. The maximum absolute atomic E-state index is 12.7. The summed E-state index contributed by atoms with van der Waals surface area (Å²) in [5.74, 6) is -0.147. The number of carbonyl (C=O) groups is 2. The Morgan fingerprint density at radius 1 is 1.25 bits per heavy atom. The van der Waals surface area contributed by atoms with Crippen LogP contribution in [0.4, 0.5) is 4.79 Å². The molecule has 2 heterocycles. The molecule has 0 bridgehead atoms. The minimum absolute atomic E-state index is 0.0709. The Labute approximate surface area is 170 Å². The van der Waals surface area contributed by atoms with Crippen molar-refractivity contribution in [2.24, 2.45) is 0 Å². The zero-order valence-corrected chi connectivity index (χ0v) is 16.9. The molecule has 3 rings (SSSR count). The van der Waals surface area contributed by atoms with Gasteiger partial charge < -0.3 is 15.1 Å². The molecule has 6 nitrogen and oxygen atoms in total. The lowest BCUT2D eigenvalue weighted by molar-refractivity contribution is 0.0788.